The highest BCUT2D eigenvalue weighted by Crippen LogP contribution is 2.18. The van der Waals surface area contributed by atoms with E-state index >= 15 is 0 Å². The van der Waals surface area contributed by atoms with E-state index in [0.717, 1.165) is 5.56 Å². The van der Waals surface area contributed by atoms with Gasteiger partial charge < -0.3 is 10.6 Å². The maximum Gasteiger partial charge on any atom is 0.259 e. The van der Waals surface area contributed by atoms with Crippen molar-refractivity contribution in [2.75, 3.05) is 10.6 Å². The molecule has 1 heterocycles. The number of benzene rings is 2. The number of para-hydroxylation sites is 1. The van der Waals surface area contributed by atoms with Crippen molar-refractivity contribution in [2.24, 2.45) is 0 Å². The van der Waals surface area contributed by atoms with Gasteiger partial charge in [-0.3, -0.25) is 4.79 Å². The third-order valence-electron chi connectivity index (χ3n) is 3.48. The summed E-state index contributed by atoms with van der Waals surface area (Å²) in [5.74, 6) is -0.438. The van der Waals surface area contributed by atoms with Crippen LogP contribution in [0.3, 0.4) is 0 Å². The van der Waals surface area contributed by atoms with E-state index in [-0.39, 0.29) is 5.69 Å². The van der Waals surface area contributed by atoms with E-state index in [1.165, 1.54) is 12.1 Å². The van der Waals surface area contributed by atoms with E-state index < -0.39 is 11.7 Å². The molecule has 0 aliphatic carbocycles. The number of aromatic nitrogens is 1. The molecule has 0 radical (unpaired) electrons. The smallest absolute Gasteiger partial charge is 0.259 e. The molecule has 2 N–H and O–H groups in total. The van der Waals surface area contributed by atoms with E-state index in [4.69, 9.17) is 0 Å². The summed E-state index contributed by atoms with van der Waals surface area (Å²) in [6.45, 7) is 0.540. The third kappa shape index (κ3) is 3.76. The van der Waals surface area contributed by atoms with Crippen LogP contribution in [0.1, 0.15) is 15.9 Å². The first-order valence-corrected chi connectivity index (χ1v) is 7.53. The third-order valence-corrected chi connectivity index (χ3v) is 3.48. The number of carbonyl (C=O) groups is 1. The quantitative estimate of drug-likeness (QED) is 0.744. The summed E-state index contributed by atoms with van der Waals surface area (Å²) in [5.41, 5.74) is 1.57. The van der Waals surface area contributed by atoms with Crippen molar-refractivity contribution in [3.8, 4) is 0 Å². The van der Waals surface area contributed by atoms with Crippen LogP contribution in [0.4, 0.5) is 15.9 Å². The Bertz CT molecular complexity index is 837. The molecule has 120 valence electrons. The number of amides is 1. The largest absolute Gasteiger partial charge is 0.365 e. The van der Waals surface area contributed by atoms with Crippen LogP contribution in [-0.2, 0) is 6.54 Å². The average Bonchev–Trinajstić information content (AvgIpc) is 2.63. The monoisotopic (exact) mass is 321 g/mol. The zero-order chi connectivity index (χ0) is 16.8. The number of carbonyl (C=O) groups excluding carboxylic acids is 1. The van der Waals surface area contributed by atoms with Crippen LogP contribution < -0.4 is 10.6 Å². The predicted octanol–water partition coefficient (Wildman–Crippen LogP) is 4.09. The number of halogens is 1. The Hall–Kier alpha value is -3.21. The van der Waals surface area contributed by atoms with Gasteiger partial charge in [-0.2, -0.15) is 0 Å². The maximum absolute atomic E-state index is 13.7. The summed E-state index contributed by atoms with van der Waals surface area (Å²) in [5, 5.41) is 5.72. The first kappa shape index (κ1) is 15.7. The topological polar surface area (TPSA) is 54.0 Å². The van der Waals surface area contributed by atoms with Crippen LogP contribution in [0.15, 0.2) is 72.9 Å². The molecular formula is C19H16FN3O. The molecule has 0 fully saturated rings. The molecule has 3 aromatic rings. The molecule has 4 nitrogen and oxygen atoms in total. The van der Waals surface area contributed by atoms with Gasteiger partial charge in [-0.25, -0.2) is 9.37 Å². The number of nitrogens with one attached hydrogen (secondary N) is 2. The number of anilines is 2. The fourth-order valence-electron chi connectivity index (χ4n) is 2.26. The zero-order valence-electron chi connectivity index (χ0n) is 12.9. The summed E-state index contributed by atoms with van der Waals surface area (Å²) >= 11 is 0. The van der Waals surface area contributed by atoms with E-state index in [1.807, 2.05) is 30.3 Å². The van der Waals surface area contributed by atoms with Gasteiger partial charge in [0.1, 0.15) is 11.6 Å². The second-order valence-corrected chi connectivity index (χ2v) is 5.17. The lowest BCUT2D eigenvalue weighted by atomic mass is 10.2. The van der Waals surface area contributed by atoms with Crippen LogP contribution in [-0.4, -0.2) is 10.9 Å². The van der Waals surface area contributed by atoms with Gasteiger partial charge in [0.05, 0.1) is 11.3 Å². The zero-order valence-corrected chi connectivity index (χ0v) is 12.9. The van der Waals surface area contributed by atoms with Gasteiger partial charge in [0.15, 0.2) is 0 Å². The SMILES string of the molecule is O=C(Nc1ccccc1F)c1cccnc1NCc1ccccc1. The van der Waals surface area contributed by atoms with Crippen molar-refractivity contribution in [2.45, 2.75) is 6.54 Å². The highest BCUT2D eigenvalue weighted by Gasteiger charge is 2.13. The second-order valence-electron chi connectivity index (χ2n) is 5.17. The average molecular weight is 321 g/mol. The molecule has 0 unspecified atom stereocenters. The van der Waals surface area contributed by atoms with Crippen molar-refractivity contribution in [3.63, 3.8) is 0 Å². The van der Waals surface area contributed by atoms with E-state index in [2.05, 4.69) is 15.6 Å². The molecule has 1 amide bonds. The van der Waals surface area contributed by atoms with E-state index in [9.17, 15) is 9.18 Å². The lowest BCUT2D eigenvalue weighted by Crippen LogP contribution is -2.16. The lowest BCUT2D eigenvalue weighted by Gasteiger charge is -2.11. The van der Waals surface area contributed by atoms with E-state index in [0.29, 0.717) is 17.9 Å². The van der Waals surface area contributed by atoms with Crippen LogP contribution in [0.5, 0.6) is 0 Å². The highest BCUT2D eigenvalue weighted by molar-refractivity contribution is 6.07. The summed E-state index contributed by atoms with van der Waals surface area (Å²) in [6.07, 6.45) is 1.60. The number of pyridine rings is 1. The lowest BCUT2D eigenvalue weighted by molar-refractivity contribution is 0.102. The van der Waals surface area contributed by atoms with Gasteiger partial charge in [-0.15, -0.1) is 0 Å². The molecule has 0 aliphatic heterocycles. The van der Waals surface area contributed by atoms with Gasteiger partial charge in [0.25, 0.3) is 5.91 Å². The first-order chi connectivity index (χ1) is 11.7. The molecule has 0 bridgehead atoms. The molecule has 0 spiro atoms. The Morgan fingerprint density at radius 3 is 2.50 bits per heavy atom. The molecule has 24 heavy (non-hydrogen) atoms. The molecular weight excluding hydrogens is 305 g/mol. The Kier molecular flexibility index (Phi) is 4.81. The summed E-state index contributed by atoms with van der Waals surface area (Å²) < 4.78 is 13.7. The predicted molar refractivity (Wildman–Crippen MR) is 92.4 cm³/mol. The molecule has 2 aromatic carbocycles. The Labute approximate surface area is 139 Å². The normalized spacial score (nSPS) is 10.2. The molecule has 0 aliphatic rings. The van der Waals surface area contributed by atoms with Gasteiger partial charge in [-0.1, -0.05) is 42.5 Å². The minimum absolute atomic E-state index is 0.139. The number of nitrogens with zero attached hydrogens (tertiary/aromatic N) is 1. The number of hydrogen-bond donors (Lipinski definition) is 2. The minimum atomic E-state index is -0.478. The van der Waals surface area contributed by atoms with Crippen LogP contribution >= 0.6 is 0 Å². The number of rotatable bonds is 5. The van der Waals surface area contributed by atoms with E-state index in [1.54, 1.807) is 30.5 Å². The van der Waals surface area contributed by atoms with Crippen molar-refractivity contribution in [1.29, 1.82) is 0 Å². The van der Waals surface area contributed by atoms with Crippen molar-refractivity contribution in [3.05, 3.63) is 89.9 Å². The Morgan fingerprint density at radius 1 is 0.958 bits per heavy atom. The van der Waals surface area contributed by atoms with Gasteiger partial charge in [0.2, 0.25) is 0 Å². The summed E-state index contributed by atoms with van der Waals surface area (Å²) in [4.78, 5) is 16.7. The van der Waals surface area contributed by atoms with Gasteiger partial charge in [-0.05, 0) is 29.8 Å². The Morgan fingerprint density at radius 2 is 1.71 bits per heavy atom. The minimum Gasteiger partial charge on any atom is -0.365 e. The molecule has 0 saturated heterocycles. The highest BCUT2D eigenvalue weighted by atomic mass is 19.1. The van der Waals surface area contributed by atoms with Crippen molar-refractivity contribution >= 4 is 17.4 Å². The van der Waals surface area contributed by atoms with Crippen LogP contribution in [0.25, 0.3) is 0 Å². The molecule has 0 saturated carbocycles. The Balaban J connectivity index is 1.76. The molecule has 3 rings (SSSR count). The summed E-state index contributed by atoms with van der Waals surface area (Å²) in [6, 6.07) is 19.2. The van der Waals surface area contributed by atoms with Crippen LogP contribution in [0.2, 0.25) is 0 Å². The maximum atomic E-state index is 13.7. The molecule has 5 heteroatoms. The van der Waals surface area contributed by atoms with Gasteiger partial charge in [0, 0.05) is 12.7 Å². The fourth-order valence-corrected chi connectivity index (χ4v) is 2.26. The first-order valence-electron chi connectivity index (χ1n) is 7.53. The van der Waals surface area contributed by atoms with Crippen molar-refractivity contribution < 1.29 is 9.18 Å². The second kappa shape index (κ2) is 7.37. The number of hydrogen-bond acceptors (Lipinski definition) is 3. The molecule has 1 aromatic heterocycles. The summed E-state index contributed by atoms with van der Waals surface area (Å²) in [7, 11) is 0. The molecule has 0 atom stereocenters. The van der Waals surface area contributed by atoms with Gasteiger partial charge >= 0.3 is 0 Å². The van der Waals surface area contributed by atoms with Crippen LogP contribution in [0, 0.1) is 5.82 Å². The standard InChI is InChI=1S/C19H16FN3O/c20-16-10-4-5-11-17(16)23-19(24)15-9-6-12-21-18(15)22-13-14-7-2-1-3-8-14/h1-12H,13H2,(H,21,22)(H,23,24). The fraction of sp³-hybridized carbons (Fsp3) is 0.0526. The van der Waals surface area contributed by atoms with Crippen molar-refractivity contribution in [1.82, 2.24) is 4.98 Å².